The second kappa shape index (κ2) is 10.8. The Kier molecular flexibility index (Phi) is 8.21. The Morgan fingerprint density at radius 2 is 1.53 bits per heavy atom. The molecule has 0 aliphatic heterocycles. The summed E-state index contributed by atoms with van der Waals surface area (Å²) in [7, 11) is 0. The topological polar surface area (TPSA) is 116 Å². The van der Waals surface area contributed by atoms with E-state index in [4.69, 9.17) is 14.2 Å². The van der Waals surface area contributed by atoms with Crippen LogP contribution in [0.2, 0.25) is 0 Å². The van der Waals surface area contributed by atoms with Crippen LogP contribution in [-0.2, 0) is 33.4 Å². The van der Waals surface area contributed by atoms with Gasteiger partial charge in [0.25, 0.3) is 0 Å². The van der Waals surface area contributed by atoms with E-state index in [-0.39, 0.29) is 89.0 Å². The van der Waals surface area contributed by atoms with Crippen LogP contribution in [0.25, 0.3) is 0 Å². The van der Waals surface area contributed by atoms with Crippen LogP contribution in [0.5, 0.6) is 0 Å². The van der Waals surface area contributed by atoms with Crippen molar-refractivity contribution < 1.29 is 38.5 Å². The van der Waals surface area contributed by atoms with Gasteiger partial charge in [-0.1, -0.05) is 20.8 Å². The minimum absolute atomic E-state index is 0.0370. The highest BCUT2D eigenvalue weighted by Crippen LogP contribution is 2.69. The molecule has 214 valence electrons. The maximum atomic E-state index is 12.4. The number of ether oxygens (including phenoxy) is 3. The van der Waals surface area contributed by atoms with Crippen LogP contribution in [0.1, 0.15) is 99.3 Å². The van der Waals surface area contributed by atoms with Crippen LogP contribution in [0.3, 0.4) is 0 Å². The average molecular weight is 535 g/mol. The highest BCUT2D eigenvalue weighted by Gasteiger charge is 2.67. The van der Waals surface area contributed by atoms with Crippen LogP contribution in [0, 0.1) is 46.3 Å². The van der Waals surface area contributed by atoms with E-state index in [1.54, 1.807) is 0 Å². The predicted octanol–water partition coefficient (Wildman–Crippen LogP) is 5.16. The van der Waals surface area contributed by atoms with Crippen molar-refractivity contribution in [2.45, 2.75) is 118 Å². The van der Waals surface area contributed by atoms with Gasteiger partial charge < -0.3 is 19.3 Å². The Labute approximate surface area is 226 Å². The molecule has 38 heavy (non-hydrogen) atoms. The molecule has 8 nitrogen and oxygen atoms in total. The lowest BCUT2D eigenvalue weighted by atomic mass is 9.43. The van der Waals surface area contributed by atoms with E-state index in [2.05, 4.69) is 20.8 Å². The molecule has 11 atom stereocenters. The van der Waals surface area contributed by atoms with E-state index in [1.807, 2.05) is 0 Å². The first-order chi connectivity index (χ1) is 17.8. The minimum atomic E-state index is -0.790. The number of hydrogen-bond donors (Lipinski definition) is 1. The molecule has 0 amide bonds. The molecule has 0 bridgehead atoms. The van der Waals surface area contributed by atoms with Crippen molar-refractivity contribution in [3.8, 4) is 0 Å². The van der Waals surface area contributed by atoms with Gasteiger partial charge in [-0.3, -0.25) is 19.2 Å². The summed E-state index contributed by atoms with van der Waals surface area (Å²) in [5.41, 5.74) is -0.355. The number of hydrogen-bond acceptors (Lipinski definition) is 7. The van der Waals surface area contributed by atoms with Crippen molar-refractivity contribution in [2.24, 2.45) is 46.3 Å². The van der Waals surface area contributed by atoms with Crippen molar-refractivity contribution in [1.29, 1.82) is 0 Å². The van der Waals surface area contributed by atoms with Gasteiger partial charge in [0, 0.05) is 38.5 Å². The molecule has 4 aliphatic rings. The first kappa shape index (κ1) is 28.9. The predicted molar refractivity (Wildman–Crippen MR) is 139 cm³/mol. The van der Waals surface area contributed by atoms with Gasteiger partial charge in [-0.05, 0) is 86.4 Å². The number of carboxylic acid groups (broad SMARTS) is 1. The molecule has 0 spiro atoms. The van der Waals surface area contributed by atoms with Gasteiger partial charge in [-0.2, -0.15) is 0 Å². The van der Waals surface area contributed by atoms with E-state index in [0.717, 1.165) is 38.5 Å². The van der Waals surface area contributed by atoms with Crippen molar-refractivity contribution in [1.82, 2.24) is 0 Å². The summed E-state index contributed by atoms with van der Waals surface area (Å²) < 4.78 is 17.8. The number of carboxylic acids is 1. The van der Waals surface area contributed by atoms with Gasteiger partial charge in [-0.25, -0.2) is 0 Å². The maximum Gasteiger partial charge on any atom is 0.303 e. The number of carbonyl (C=O) groups excluding carboxylic acids is 3. The Bertz CT molecular complexity index is 947. The number of esters is 3. The molecule has 0 heterocycles. The smallest absolute Gasteiger partial charge is 0.303 e. The van der Waals surface area contributed by atoms with E-state index in [9.17, 15) is 24.3 Å². The molecule has 0 saturated heterocycles. The maximum absolute atomic E-state index is 12.4. The molecule has 0 aromatic rings. The van der Waals surface area contributed by atoms with Crippen LogP contribution in [0.4, 0.5) is 0 Å². The highest BCUT2D eigenvalue weighted by molar-refractivity contribution is 5.67. The third kappa shape index (κ3) is 5.21. The van der Waals surface area contributed by atoms with E-state index < -0.39 is 5.97 Å². The Morgan fingerprint density at radius 3 is 2.13 bits per heavy atom. The number of aliphatic carboxylic acids is 1. The second-order valence-corrected chi connectivity index (χ2v) is 13.2. The van der Waals surface area contributed by atoms with Crippen molar-refractivity contribution in [2.75, 3.05) is 0 Å². The summed E-state index contributed by atoms with van der Waals surface area (Å²) in [6, 6.07) is 0. The number of carbonyl (C=O) groups is 4. The molecular weight excluding hydrogens is 488 g/mol. The summed E-state index contributed by atoms with van der Waals surface area (Å²) in [5, 5.41) is 9.31. The zero-order valence-electron chi connectivity index (χ0n) is 23.9. The lowest BCUT2D eigenvalue weighted by Gasteiger charge is -2.64. The number of fused-ring (bicyclic) bond motifs is 5. The molecule has 0 aromatic heterocycles. The second-order valence-electron chi connectivity index (χ2n) is 13.2. The molecule has 0 radical (unpaired) electrons. The Morgan fingerprint density at radius 1 is 0.868 bits per heavy atom. The van der Waals surface area contributed by atoms with Crippen molar-refractivity contribution in [3.63, 3.8) is 0 Å². The third-order valence-electron chi connectivity index (χ3n) is 11.2. The quantitative estimate of drug-likeness (QED) is 0.352. The minimum Gasteiger partial charge on any atom is -0.481 e. The molecule has 3 unspecified atom stereocenters. The van der Waals surface area contributed by atoms with Crippen molar-refractivity contribution >= 4 is 23.9 Å². The van der Waals surface area contributed by atoms with Gasteiger partial charge >= 0.3 is 23.9 Å². The van der Waals surface area contributed by atoms with E-state index in [0.29, 0.717) is 12.8 Å². The van der Waals surface area contributed by atoms with Crippen LogP contribution >= 0.6 is 0 Å². The van der Waals surface area contributed by atoms with E-state index >= 15 is 0 Å². The summed E-state index contributed by atoms with van der Waals surface area (Å²) >= 11 is 0. The molecule has 4 aliphatic carbocycles. The van der Waals surface area contributed by atoms with Gasteiger partial charge in [-0.15, -0.1) is 0 Å². The SMILES string of the molecule is CC(=O)O[C@@H]1CC[C@@]2(C)C(C1)C[C@@H](OC(C)=O)[C@H]1[C@@H]3CCC(C(C)CCC(=O)O)[C@@]3(C)[C@@H](OC(C)=O)C[C@@H]12. The fraction of sp³-hybridized carbons (Fsp3) is 0.867. The van der Waals surface area contributed by atoms with Gasteiger partial charge in [0.15, 0.2) is 0 Å². The van der Waals surface area contributed by atoms with Crippen LogP contribution in [-0.4, -0.2) is 47.3 Å². The Balaban J connectivity index is 1.71. The highest BCUT2D eigenvalue weighted by atomic mass is 16.6. The molecule has 1 N–H and O–H groups in total. The molecule has 8 heteroatoms. The molecule has 4 rings (SSSR count). The van der Waals surface area contributed by atoms with Gasteiger partial charge in [0.05, 0.1) is 0 Å². The lowest BCUT2D eigenvalue weighted by Crippen LogP contribution is -2.63. The molecular formula is C30H46O8. The summed E-state index contributed by atoms with van der Waals surface area (Å²) in [4.78, 5) is 47.7. The third-order valence-corrected chi connectivity index (χ3v) is 11.2. The standard InChI is InChI=1S/C30H46O8/c1-16(7-10-27(34)35)22-8-9-23-28-24(15-26(30(22,23)6)38-19(4)33)29(5)12-11-21(36-17(2)31)13-20(29)14-25(28)37-18(3)32/h16,20-26,28H,7-15H2,1-6H3,(H,34,35)/t16?,20?,21-,22?,23+,24+,25-,26+,28+,29+,30-/m1/s1. The summed E-state index contributed by atoms with van der Waals surface area (Å²) in [6.45, 7) is 11.1. The van der Waals surface area contributed by atoms with Crippen LogP contribution in [0.15, 0.2) is 0 Å². The zero-order chi connectivity index (χ0) is 28.0. The lowest BCUT2D eigenvalue weighted by molar-refractivity contribution is -0.224. The monoisotopic (exact) mass is 534 g/mol. The summed E-state index contributed by atoms with van der Waals surface area (Å²) in [5.74, 6) is -0.421. The average Bonchev–Trinajstić information content (AvgIpc) is 3.16. The molecule has 4 fully saturated rings. The van der Waals surface area contributed by atoms with E-state index in [1.165, 1.54) is 20.8 Å². The largest absolute Gasteiger partial charge is 0.481 e. The first-order valence-electron chi connectivity index (χ1n) is 14.5. The Hall–Kier alpha value is -2.12. The van der Waals surface area contributed by atoms with Crippen molar-refractivity contribution in [3.05, 3.63) is 0 Å². The normalized spacial score (nSPS) is 42.6. The summed E-state index contributed by atoms with van der Waals surface area (Å²) in [6.07, 6.45) is 5.93. The van der Waals surface area contributed by atoms with Crippen LogP contribution < -0.4 is 0 Å². The molecule has 4 saturated carbocycles. The zero-order valence-corrected chi connectivity index (χ0v) is 23.9. The van der Waals surface area contributed by atoms with Gasteiger partial charge in [0.1, 0.15) is 18.3 Å². The first-order valence-corrected chi connectivity index (χ1v) is 14.5. The fourth-order valence-corrected chi connectivity index (χ4v) is 9.67. The number of rotatable bonds is 7. The van der Waals surface area contributed by atoms with Gasteiger partial charge in [0.2, 0.25) is 0 Å². The fourth-order valence-electron chi connectivity index (χ4n) is 9.67. The molecule has 0 aromatic carbocycles.